The summed E-state index contributed by atoms with van der Waals surface area (Å²) in [6, 6.07) is 5.74. The molecule has 1 fully saturated rings. The fraction of sp³-hybridized carbons (Fsp3) is 0.471. The molecule has 7 heteroatoms. The van der Waals surface area contributed by atoms with Crippen LogP contribution in [0.25, 0.3) is 0 Å². The van der Waals surface area contributed by atoms with E-state index in [0.717, 1.165) is 29.8 Å². The van der Waals surface area contributed by atoms with E-state index in [4.69, 9.17) is 4.74 Å². The lowest BCUT2D eigenvalue weighted by molar-refractivity contribution is -0.121. The molecule has 0 aromatic heterocycles. The highest BCUT2D eigenvalue weighted by Gasteiger charge is 2.34. The summed E-state index contributed by atoms with van der Waals surface area (Å²) in [6.45, 7) is 4.48. The van der Waals surface area contributed by atoms with Crippen molar-refractivity contribution in [2.75, 3.05) is 22.9 Å². The number of ether oxygens (including phenoxy) is 1. The van der Waals surface area contributed by atoms with Crippen molar-refractivity contribution < 1.29 is 19.1 Å². The summed E-state index contributed by atoms with van der Waals surface area (Å²) in [5.41, 5.74) is 2.69. The van der Waals surface area contributed by atoms with E-state index in [9.17, 15) is 14.4 Å². The van der Waals surface area contributed by atoms with Gasteiger partial charge in [0.1, 0.15) is 6.10 Å². The van der Waals surface area contributed by atoms with Gasteiger partial charge in [0.05, 0.1) is 13.1 Å². The summed E-state index contributed by atoms with van der Waals surface area (Å²) in [5, 5.41) is 2.74. The highest BCUT2D eigenvalue weighted by Crippen LogP contribution is 2.35. The topological polar surface area (TPSA) is 79.0 Å². The maximum Gasteiger partial charge on any atom is 0.414 e. The second-order valence-corrected chi connectivity index (χ2v) is 6.15. The molecular formula is C17H21N3O4. The third-order valence-electron chi connectivity index (χ3n) is 4.48. The van der Waals surface area contributed by atoms with E-state index < -0.39 is 6.09 Å². The average molecular weight is 331 g/mol. The number of rotatable bonds is 5. The largest absolute Gasteiger partial charge is 0.442 e. The van der Waals surface area contributed by atoms with Gasteiger partial charge in [0.2, 0.25) is 12.3 Å². The number of carbonyl (C=O) groups is 3. The molecule has 0 bridgehead atoms. The van der Waals surface area contributed by atoms with Gasteiger partial charge in [0, 0.05) is 23.8 Å². The van der Waals surface area contributed by atoms with Gasteiger partial charge in [-0.15, -0.1) is 0 Å². The second kappa shape index (κ2) is 6.51. The molecule has 3 amide bonds. The molecule has 2 heterocycles. The Bertz CT molecular complexity index is 676. The van der Waals surface area contributed by atoms with Gasteiger partial charge in [-0.05, 0) is 37.1 Å². The van der Waals surface area contributed by atoms with E-state index in [2.05, 4.69) is 5.32 Å². The molecule has 2 aliphatic rings. The Balaban J connectivity index is 1.71. The molecule has 0 aliphatic carbocycles. The van der Waals surface area contributed by atoms with Crippen LogP contribution < -0.4 is 15.1 Å². The van der Waals surface area contributed by atoms with Crippen LogP contribution in [0, 0.1) is 0 Å². The number of hydrogen-bond donors (Lipinski definition) is 1. The van der Waals surface area contributed by atoms with Crippen LogP contribution in [0.5, 0.6) is 0 Å². The van der Waals surface area contributed by atoms with Gasteiger partial charge in [-0.1, -0.05) is 6.92 Å². The van der Waals surface area contributed by atoms with Crippen LogP contribution in [0.2, 0.25) is 0 Å². The molecule has 2 atom stereocenters. The minimum absolute atomic E-state index is 0.0648. The normalized spacial score (nSPS) is 22.3. The van der Waals surface area contributed by atoms with Crippen molar-refractivity contribution in [3.8, 4) is 0 Å². The van der Waals surface area contributed by atoms with Crippen LogP contribution in [0.1, 0.15) is 25.8 Å². The van der Waals surface area contributed by atoms with E-state index in [-0.39, 0.29) is 18.1 Å². The Morgan fingerprint density at radius 1 is 1.46 bits per heavy atom. The molecule has 2 aliphatic heterocycles. The van der Waals surface area contributed by atoms with Crippen LogP contribution in [0.4, 0.5) is 16.2 Å². The van der Waals surface area contributed by atoms with Crippen molar-refractivity contribution in [2.24, 2.45) is 0 Å². The average Bonchev–Trinajstić information content (AvgIpc) is 3.10. The number of cyclic esters (lactones) is 1. The minimum atomic E-state index is -0.413. The fourth-order valence-electron chi connectivity index (χ4n) is 3.16. The summed E-state index contributed by atoms with van der Waals surface area (Å²) in [6.07, 6.45) is 1.24. The van der Waals surface area contributed by atoms with Gasteiger partial charge in [-0.25, -0.2) is 4.79 Å². The third-order valence-corrected chi connectivity index (χ3v) is 4.48. The smallest absolute Gasteiger partial charge is 0.414 e. The van der Waals surface area contributed by atoms with Gasteiger partial charge in [0.25, 0.3) is 0 Å². The van der Waals surface area contributed by atoms with Crippen LogP contribution in [-0.4, -0.2) is 43.6 Å². The van der Waals surface area contributed by atoms with Crippen molar-refractivity contribution >= 4 is 29.8 Å². The van der Waals surface area contributed by atoms with Crippen molar-refractivity contribution in [1.82, 2.24) is 5.32 Å². The van der Waals surface area contributed by atoms with Crippen LogP contribution in [0.3, 0.4) is 0 Å². The molecule has 1 N–H and O–H groups in total. The Hall–Kier alpha value is -2.57. The van der Waals surface area contributed by atoms with Crippen LogP contribution in [0.15, 0.2) is 18.2 Å². The summed E-state index contributed by atoms with van der Waals surface area (Å²) in [5.74, 6) is -0.0648. The van der Waals surface area contributed by atoms with Crippen molar-refractivity contribution in [2.45, 2.75) is 38.8 Å². The van der Waals surface area contributed by atoms with Crippen molar-refractivity contribution in [1.29, 1.82) is 0 Å². The lowest BCUT2D eigenvalue weighted by Crippen LogP contribution is -2.34. The lowest BCUT2D eigenvalue weighted by Gasteiger charge is -2.17. The van der Waals surface area contributed by atoms with Crippen LogP contribution >= 0.6 is 0 Å². The number of amides is 3. The quantitative estimate of drug-likeness (QED) is 0.828. The first-order valence-corrected chi connectivity index (χ1v) is 8.15. The number of benzene rings is 1. The lowest BCUT2D eigenvalue weighted by atomic mass is 10.1. The number of nitrogens with one attached hydrogen (secondary N) is 1. The van der Waals surface area contributed by atoms with E-state index in [1.807, 2.05) is 25.1 Å². The summed E-state index contributed by atoms with van der Waals surface area (Å²) in [4.78, 5) is 37.9. The molecule has 0 radical (unpaired) electrons. The van der Waals surface area contributed by atoms with Crippen molar-refractivity contribution in [3.63, 3.8) is 0 Å². The Morgan fingerprint density at radius 2 is 2.25 bits per heavy atom. The number of anilines is 2. The molecular weight excluding hydrogens is 310 g/mol. The molecule has 1 aromatic rings. The molecule has 7 nitrogen and oxygen atoms in total. The predicted molar refractivity (Wildman–Crippen MR) is 89.1 cm³/mol. The van der Waals surface area contributed by atoms with Crippen LogP contribution in [-0.2, 0) is 20.7 Å². The molecule has 1 saturated heterocycles. The molecule has 24 heavy (non-hydrogen) atoms. The first-order valence-electron chi connectivity index (χ1n) is 8.15. The van der Waals surface area contributed by atoms with E-state index >= 15 is 0 Å². The van der Waals surface area contributed by atoms with Gasteiger partial charge >= 0.3 is 6.09 Å². The molecule has 0 saturated carbocycles. The fourth-order valence-corrected chi connectivity index (χ4v) is 3.16. The monoisotopic (exact) mass is 331 g/mol. The first kappa shape index (κ1) is 16.3. The SMILES string of the molecule is CCC(=O)NC[C@H]1CN(c2ccc3c(c2)C[C@@H](C)N3C=O)C(=O)O1. The zero-order valence-corrected chi connectivity index (χ0v) is 13.8. The summed E-state index contributed by atoms with van der Waals surface area (Å²) < 4.78 is 5.31. The van der Waals surface area contributed by atoms with Gasteiger partial charge in [-0.2, -0.15) is 0 Å². The molecule has 0 unspecified atom stereocenters. The number of nitrogens with zero attached hydrogens (tertiary/aromatic N) is 2. The Labute approximate surface area is 140 Å². The maximum atomic E-state index is 12.1. The molecule has 0 spiro atoms. The number of carbonyl (C=O) groups excluding carboxylic acids is 3. The maximum absolute atomic E-state index is 12.1. The third kappa shape index (κ3) is 2.93. The zero-order valence-electron chi connectivity index (χ0n) is 13.8. The molecule has 1 aromatic carbocycles. The highest BCUT2D eigenvalue weighted by atomic mass is 16.6. The van der Waals surface area contributed by atoms with Gasteiger partial charge < -0.3 is 15.0 Å². The second-order valence-electron chi connectivity index (χ2n) is 6.15. The number of hydrogen-bond acceptors (Lipinski definition) is 4. The first-order chi connectivity index (χ1) is 11.5. The predicted octanol–water partition coefficient (Wildman–Crippen LogP) is 1.45. The van der Waals surface area contributed by atoms with E-state index in [1.54, 1.807) is 16.7 Å². The zero-order chi connectivity index (χ0) is 17.3. The van der Waals surface area contributed by atoms with Crippen molar-refractivity contribution in [3.05, 3.63) is 23.8 Å². The standard InChI is InChI=1S/C17H21N3O4/c1-3-16(22)18-8-14-9-19(17(23)24-14)13-4-5-15-12(7-13)6-11(2)20(15)10-21/h4-5,7,10-11,14H,3,6,8-9H2,1-2H3,(H,18,22)/t11-,14+/m1/s1. The summed E-state index contributed by atoms with van der Waals surface area (Å²) >= 11 is 0. The number of fused-ring (bicyclic) bond motifs is 1. The summed E-state index contributed by atoms with van der Waals surface area (Å²) in [7, 11) is 0. The highest BCUT2D eigenvalue weighted by molar-refractivity contribution is 5.91. The molecule has 128 valence electrons. The van der Waals surface area contributed by atoms with E-state index in [0.29, 0.717) is 19.5 Å². The molecule has 3 rings (SSSR count). The van der Waals surface area contributed by atoms with Gasteiger partial charge in [-0.3, -0.25) is 14.5 Å². The Morgan fingerprint density at radius 3 is 2.96 bits per heavy atom. The Kier molecular flexibility index (Phi) is 4.42. The van der Waals surface area contributed by atoms with Gasteiger partial charge in [0.15, 0.2) is 0 Å². The van der Waals surface area contributed by atoms with E-state index in [1.165, 1.54) is 0 Å². The minimum Gasteiger partial charge on any atom is -0.442 e.